The van der Waals surface area contributed by atoms with Crippen molar-refractivity contribution >= 4 is 12.2 Å². The molecule has 0 aliphatic carbocycles. The number of carbonyl (C=O) groups is 2. The Labute approximate surface area is 231 Å². The molecule has 1 fully saturated rings. The number of benzene rings is 3. The van der Waals surface area contributed by atoms with Crippen LogP contribution in [0.2, 0.25) is 0 Å². The Hall–Kier alpha value is -3.84. The number of amides is 2. The molecule has 7 nitrogen and oxygen atoms in total. The molecule has 39 heavy (non-hydrogen) atoms. The molecule has 0 radical (unpaired) electrons. The third kappa shape index (κ3) is 7.60. The third-order valence-corrected chi connectivity index (χ3v) is 6.82. The first-order chi connectivity index (χ1) is 18.7. The summed E-state index contributed by atoms with van der Waals surface area (Å²) in [6.07, 6.45) is -0.977. The lowest BCUT2D eigenvalue weighted by atomic mass is 9.92. The zero-order valence-corrected chi connectivity index (χ0v) is 23.1. The van der Waals surface area contributed by atoms with Gasteiger partial charge < -0.3 is 19.5 Å². The monoisotopic (exact) mass is 530 g/mol. The Bertz CT molecular complexity index is 1200. The van der Waals surface area contributed by atoms with Crippen molar-refractivity contribution in [3.8, 4) is 0 Å². The highest BCUT2D eigenvalue weighted by molar-refractivity contribution is 5.72. The zero-order chi connectivity index (χ0) is 27.8. The summed E-state index contributed by atoms with van der Waals surface area (Å²) in [7, 11) is 0. The van der Waals surface area contributed by atoms with E-state index in [2.05, 4.69) is 5.32 Å². The van der Waals surface area contributed by atoms with Crippen molar-refractivity contribution in [3.05, 3.63) is 108 Å². The van der Waals surface area contributed by atoms with E-state index in [0.717, 1.165) is 16.7 Å². The molecule has 0 aromatic heterocycles. The van der Waals surface area contributed by atoms with Crippen molar-refractivity contribution < 1.29 is 23.8 Å². The van der Waals surface area contributed by atoms with Crippen LogP contribution in [0.5, 0.6) is 0 Å². The van der Waals surface area contributed by atoms with Gasteiger partial charge in [-0.2, -0.15) is 0 Å². The van der Waals surface area contributed by atoms with Crippen LogP contribution in [0.15, 0.2) is 91.0 Å². The molecule has 1 N–H and O–H groups in total. The number of carbonyl (C=O) groups excluding carboxylic acids is 2. The fraction of sp³-hybridized carbons (Fsp3) is 0.375. The van der Waals surface area contributed by atoms with Gasteiger partial charge in [-0.25, -0.2) is 9.59 Å². The predicted octanol–water partition coefficient (Wildman–Crippen LogP) is 6.49. The fourth-order valence-corrected chi connectivity index (χ4v) is 5.02. The number of hydrogen-bond acceptors (Lipinski definition) is 5. The number of nitrogens with zero attached hydrogens (tertiary/aromatic N) is 1. The lowest BCUT2D eigenvalue weighted by Gasteiger charge is -2.30. The van der Waals surface area contributed by atoms with Gasteiger partial charge in [0, 0.05) is 12.0 Å². The SMILES string of the molecule is C[C@H]1[C@@H](COCc2ccccc2)[C@H](NC(=O)OC(C)(C)C)[C@H](c2ccccc2)N1C(=O)OCc1ccccc1. The number of likely N-dealkylation sites (tertiary alicyclic amines) is 1. The summed E-state index contributed by atoms with van der Waals surface area (Å²) in [4.78, 5) is 28.4. The summed E-state index contributed by atoms with van der Waals surface area (Å²) in [5.74, 6) is -0.212. The molecule has 1 aliphatic heterocycles. The van der Waals surface area contributed by atoms with Crippen molar-refractivity contribution in [1.29, 1.82) is 0 Å². The van der Waals surface area contributed by atoms with Crippen molar-refractivity contribution in [2.45, 2.75) is 64.6 Å². The smallest absolute Gasteiger partial charge is 0.410 e. The van der Waals surface area contributed by atoms with Crippen LogP contribution in [0, 0.1) is 5.92 Å². The quantitative estimate of drug-likeness (QED) is 0.360. The minimum Gasteiger partial charge on any atom is -0.445 e. The average molecular weight is 531 g/mol. The Morgan fingerprint density at radius 2 is 1.36 bits per heavy atom. The highest BCUT2D eigenvalue weighted by Gasteiger charge is 2.51. The van der Waals surface area contributed by atoms with Crippen molar-refractivity contribution in [3.63, 3.8) is 0 Å². The molecule has 3 aromatic carbocycles. The van der Waals surface area contributed by atoms with E-state index in [1.54, 1.807) is 4.90 Å². The number of alkyl carbamates (subject to hydrolysis) is 1. The molecule has 3 aromatic rings. The van der Waals surface area contributed by atoms with Gasteiger partial charge in [-0.1, -0.05) is 91.0 Å². The summed E-state index contributed by atoms with van der Waals surface area (Å²) in [5, 5.41) is 3.08. The van der Waals surface area contributed by atoms with E-state index in [-0.39, 0.29) is 18.6 Å². The summed E-state index contributed by atoms with van der Waals surface area (Å²) in [6, 6.07) is 28.0. The highest BCUT2D eigenvalue weighted by atomic mass is 16.6. The summed E-state index contributed by atoms with van der Waals surface area (Å²) in [5.41, 5.74) is 2.19. The van der Waals surface area contributed by atoms with E-state index >= 15 is 0 Å². The van der Waals surface area contributed by atoms with E-state index < -0.39 is 29.9 Å². The van der Waals surface area contributed by atoms with E-state index in [0.29, 0.717) is 13.2 Å². The molecule has 0 unspecified atom stereocenters. The lowest BCUT2D eigenvalue weighted by Crippen LogP contribution is -2.46. The minimum absolute atomic E-state index is 0.156. The van der Waals surface area contributed by atoms with Crippen molar-refractivity contribution in [2.24, 2.45) is 5.92 Å². The van der Waals surface area contributed by atoms with Crippen LogP contribution < -0.4 is 5.32 Å². The molecule has 0 spiro atoms. The topological polar surface area (TPSA) is 77.1 Å². The molecular formula is C32H38N2O5. The Balaban J connectivity index is 1.61. The maximum absolute atomic E-state index is 13.6. The van der Waals surface area contributed by atoms with Gasteiger partial charge in [0.15, 0.2) is 0 Å². The number of nitrogens with one attached hydrogen (secondary N) is 1. The average Bonchev–Trinajstić information content (AvgIpc) is 3.18. The highest BCUT2D eigenvalue weighted by Crippen LogP contribution is 2.41. The van der Waals surface area contributed by atoms with Crippen LogP contribution in [0.1, 0.15) is 50.4 Å². The van der Waals surface area contributed by atoms with Crippen molar-refractivity contribution in [2.75, 3.05) is 6.61 Å². The summed E-state index contributed by atoms with van der Waals surface area (Å²) < 4.78 is 17.6. The van der Waals surface area contributed by atoms with Gasteiger partial charge in [-0.05, 0) is 44.4 Å². The number of ether oxygens (including phenoxy) is 3. The number of rotatable bonds is 8. The molecule has 1 saturated heterocycles. The van der Waals surface area contributed by atoms with Gasteiger partial charge in [0.1, 0.15) is 12.2 Å². The van der Waals surface area contributed by atoms with Gasteiger partial charge >= 0.3 is 12.2 Å². The molecular weight excluding hydrogens is 492 g/mol. The summed E-state index contributed by atoms with van der Waals surface area (Å²) >= 11 is 0. The van der Waals surface area contributed by atoms with Crippen LogP contribution in [0.3, 0.4) is 0 Å². The zero-order valence-electron chi connectivity index (χ0n) is 23.1. The maximum atomic E-state index is 13.6. The largest absolute Gasteiger partial charge is 0.445 e. The van der Waals surface area contributed by atoms with E-state index in [1.807, 2.05) is 119 Å². The normalized spacial score (nSPS) is 20.9. The first kappa shape index (κ1) is 28.2. The van der Waals surface area contributed by atoms with Gasteiger partial charge in [0.2, 0.25) is 0 Å². The third-order valence-electron chi connectivity index (χ3n) is 6.82. The molecule has 4 rings (SSSR count). The van der Waals surface area contributed by atoms with Crippen LogP contribution in [0.25, 0.3) is 0 Å². The molecule has 206 valence electrons. The van der Waals surface area contributed by atoms with Gasteiger partial charge in [-0.15, -0.1) is 0 Å². The van der Waals surface area contributed by atoms with E-state index in [1.165, 1.54) is 0 Å². The van der Waals surface area contributed by atoms with Crippen LogP contribution in [0.4, 0.5) is 9.59 Å². The maximum Gasteiger partial charge on any atom is 0.410 e. The van der Waals surface area contributed by atoms with E-state index in [4.69, 9.17) is 14.2 Å². The first-order valence-electron chi connectivity index (χ1n) is 13.4. The molecule has 1 aliphatic rings. The first-order valence-corrected chi connectivity index (χ1v) is 13.4. The molecule has 2 amide bonds. The second-order valence-corrected chi connectivity index (χ2v) is 10.9. The standard InChI is InChI=1S/C32H38N2O5/c1-23-27(22-37-20-24-14-8-5-9-15-24)28(33-30(35)39-32(2,3)4)29(26-18-12-7-13-19-26)34(23)31(36)38-21-25-16-10-6-11-17-25/h5-19,23,27-29H,20-22H2,1-4H3,(H,33,35)/t23-,27+,28-,29-/m0/s1. The van der Waals surface area contributed by atoms with Crippen LogP contribution in [-0.4, -0.2) is 41.4 Å². The van der Waals surface area contributed by atoms with E-state index in [9.17, 15) is 9.59 Å². The second kappa shape index (κ2) is 12.8. The molecule has 1 heterocycles. The molecule has 4 atom stereocenters. The minimum atomic E-state index is -0.663. The van der Waals surface area contributed by atoms with Crippen LogP contribution >= 0.6 is 0 Å². The summed E-state index contributed by atoms with van der Waals surface area (Å²) in [6.45, 7) is 8.38. The Morgan fingerprint density at radius 1 is 0.821 bits per heavy atom. The number of hydrogen-bond donors (Lipinski definition) is 1. The Kier molecular flexibility index (Phi) is 9.25. The fourth-order valence-electron chi connectivity index (χ4n) is 5.02. The van der Waals surface area contributed by atoms with Crippen LogP contribution in [-0.2, 0) is 27.4 Å². The lowest BCUT2D eigenvalue weighted by molar-refractivity contribution is 0.0424. The molecule has 0 saturated carbocycles. The molecule has 0 bridgehead atoms. The van der Waals surface area contributed by atoms with Crippen molar-refractivity contribution in [1.82, 2.24) is 10.2 Å². The Morgan fingerprint density at radius 3 is 1.92 bits per heavy atom. The van der Waals surface area contributed by atoms with Gasteiger partial charge in [-0.3, -0.25) is 4.90 Å². The molecule has 7 heteroatoms. The predicted molar refractivity (Wildman–Crippen MR) is 150 cm³/mol. The van der Waals surface area contributed by atoms with Gasteiger partial charge in [0.05, 0.1) is 25.3 Å². The second-order valence-electron chi connectivity index (χ2n) is 10.9. The van der Waals surface area contributed by atoms with Gasteiger partial charge in [0.25, 0.3) is 0 Å².